The molecule has 0 atom stereocenters. The number of non-ortho nitro benzene ring substituents is 1. The summed E-state index contributed by atoms with van der Waals surface area (Å²) in [6.07, 6.45) is 0. The highest BCUT2D eigenvalue weighted by Crippen LogP contribution is 2.21. The summed E-state index contributed by atoms with van der Waals surface area (Å²) in [6.45, 7) is 2.80. The fourth-order valence-electron chi connectivity index (χ4n) is 2.65. The summed E-state index contributed by atoms with van der Waals surface area (Å²) in [6, 6.07) is 9.14. The third-order valence-electron chi connectivity index (χ3n) is 4.07. The third kappa shape index (κ3) is 2.44. The fraction of sp³-hybridized carbons (Fsp3) is 0.176. The summed E-state index contributed by atoms with van der Waals surface area (Å²) in [5, 5.41) is 11.0. The summed E-state index contributed by atoms with van der Waals surface area (Å²) in [5.41, 5.74) is 1.80. The zero-order valence-electron chi connectivity index (χ0n) is 13.1. The van der Waals surface area contributed by atoms with Gasteiger partial charge in [-0.1, -0.05) is 12.1 Å². The van der Waals surface area contributed by atoms with Gasteiger partial charge in [-0.2, -0.15) is 0 Å². The van der Waals surface area contributed by atoms with Crippen LogP contribution in [0.1, 0.15) is 17.0 Å². The van der Waals surface area contributed by atoms with Gasteiger partial charge in [0.15, 0.2) is 0 Å². The molecule has 0 saturated carbocycles. The number of aryl methyl sites for hydroxylation is 1. The molecule has 0 aliphatic heterocycles. The molecule has 3 aromatic rings. The molecule has 0 aliphatic carbocycles. The molecule has 0 aliphatic rings. The van der Waals surface area contributed by atoms with Gasteiger partial charge in [0.2, 0.25) is 0 Å². The van der Waals surface area contributed by atoms with Gasteiger partial charge >= 0.3 is 0 Å². The van der Waals surface area contributed by atoms with Crippen LogP contribution >= 0.6 is 0 Å². The van der Waals surface area contributed by atoms with E-state index in [9.17, 15) is 19.3 Å². The Morgan fingerprint density at radius 3 is 2.67 bits per heavy atom. The lowest BCUT2D eigenvalue weighted by atomic mass is 10.1. The summed E-state index contributed by atoms with van der Waals surface area (Å²) in [5.74, 6) is -0.0324. The van der Waals surface area contributed by atoms with Crippen LogP contribution in [0.4, 0.5) is 10.1 Å². The number of nitrogens with zero attached hydrogens (tertiary/aromatic N) is 3. The molecule has 0 fully saturated rings. The number of nitro benzene ring substituents is 1. The minimum Gasteiger partial charge on any atom is -0.268 e. The summed E-state index contributed by atoms with van der Waals surface area (Å²) in [7, 11) is 0. The van der Waals surface area contributed by atoms with Crippen LogP contribution in [-0.4, -0.2) is 14.5 Å². The molecule has 0 spiro atoms. The molecule has 0 bridgehead atoms. The number of nitro groups is 1. The molecule has 0 unspecified atom stereocenters. The van der Waals surface area contributed by atoms with Gasteiger partial charge in [-0.15, -0.1) is 0 Å². The van der Waals surface area contributed by atoms with Gasteiger partial charge in [-0.25, -0.2) is 9.37 Å². The molecule has 0 amide bonds. The van der Waals surface area contributed by atoms with Crippen LogP contribution in [0.5, 0.6) is 0 Å². The van der Waals surface area contributed by atoms with Crippen molar-refractivity contribution in [2.45, 2.75) is 20.5 Å². The highest BCUT2D eigenvalue weighted by molar-refractivity contribution is 5.80. The van der Waals surface area contributed by atoms with E-state index in [0.717, 1.165) is 11.1 Å². The molecule has 3 rings (SSSR count). The van der Waals surface area contributed by atoms with Crippen LogP contribution in [0.3, 0.4) is 0 Å². The maximum absolute atomic E-state index is 13.5. The monoisotopic (exact) mass is 327 g/mol. The molecule has 0 radical (unpaired) electrons. The van der Waals surface area contributed by atoms with Crippen molar-refractivity contribution in [2.24, 2.45) is 0 Å². The van der Waals surface area contributed by atoms with Gasteiger partial charge in [-0.3, -0.25) is 19.5 Å². The van der Waals surface area contributed by atoms with Crippen molar-refractivity contribution in [2.75, 3.05) is 0 Å². The average molecular weight is 327 g/mol. The first-order valence-corrected chi connectivity index (χ1v) is 7.26. The molecule has 1 aromatic heterocycles. The molecule has 2 aromatic carbocycles. The third-order valence-corrected chi connectivity index (χ3v) is 4.07. The number of alkyl halides is 1. The van der Waals surface area contributed by atoms with Crippen molar-refractivity contribution in [1.29, 1.82) is 0 Å². The lowest BCUT2D eigenvalue weighted by Crippen LogP contribution is -2.24. The summed E-state index contributed by atoms with van der Waals surface area (Å²) in [4.78, 5) is 27.4. The van der Waals surface area contributed by atoms with E-state index < -0.39 is 17.2 Å². The van der Waals surface area contributed by atoms with Gasteiger partial charge in [0.05, 0.1) is 21.5 Å². The van der Waals surface area contributed by atoms with Crippen molar-refractivity contribution in [1.82, 2.24) is 9.55 Å². The van der Waals surface area contributed by atoms with E-state index in [2.05, 4.69) is 4.98 Å². The van der Waals surface area contributed by atoms with Crippen LogP contribution in [0.25, 0.3) is 16.6 Å². The molecule has 7 heteroatoms. The van der Waals surface area contributed by atoms with E-state index in [1.807, 2.05) is 19.9 Å². The van der Waals surface area contributed by atoms with Crippen molar-refractivity contribution >= 4 is 16.6 Å². The Balaban J connectivity index is 2.42. The Bertz CT molecular complexity index is 1030. The molecule has 0 N–H and O–H groups in total. The van der Waals surface area contributed by atoms with E-state index in [-0.39, 0.29) is 22.4 Å². The first-order chi connectivity index (χ1) is 11.4. The van der Waals surface area contributed by atoms with Gasteiger partial charge in [0.25, 0.3) is 11.2 Å². The Morgan fingerprint density at radius 1 is 1.25 bits per heavy atom. The van der Waals surface area contributed by atoms with Crippen LogP contribution in [0, 0.1) is 24.0 Å². The van der Waals surface area contributed by atoms with Gasteiger partial charge in [0.1, 0.15) is 12.5 Å². The maximum Gasteiger partial charge on any atom is 0.270 e. The van der Waals surface area contributed by atoms with Crippen molar-refractivity contribution in [3.8, 4) is 5.69 Å². The number of fused-ring (bicyclic) bond motifs is 1. The zero-order valence-corrected chi connectivity index (χ0v) is 13.1. The zero-order chi connectivity index (χ0) is 17.4. The molecular formula is C17H14FN3O3. The Hall–Kier alpha value is -3.09. The highest BCUT2D eigenvalue weighted by atomic mass is 19.1. The molecule has 1 heterocycles. The average Bonchev–Trinajstić information content (AvgIpc) is 2.57. The Labute approximate surface area is 136 Å². The smallest absolute Gasteiger partial charge is 0.268 e. The molecule has 122 valence electrons. The fourth-order valence-corrected chi connectivity index (χ4v) is 2.65. The quantitative estimate of drug-likeness (QED) is 0.546. The minimum atomic E-state index is -0.921. The van der Waals surface area contributed by atoms with Crippen LogP contribution in [-0.2, 0) is 6.67 Å². The van der Waals surface area contributed by atoms with E-state index in [4.69, 9.17) is 0 Å². The Morgan fingerprint density at radius 2 is 2.00 bits per heavy atom. The van der Waals surface area contributed by atoms with Crippen LogP contribution < -0.4 is 5.56 Å². The number of hydrogen-bond acceptors (Lipinski definition) is 4. The minimum absolute atomic E-state index is 0.0324. The van der Waals surface area contributed by atoms with Gasteiger partial charge in [-0.05, 0) is 37.1 Å². The lowest BCUT2D eigenvalue weighted by molar-refractivity contribution is -0.384. The second kappa shape index (κ2) is 5.84. The van der Waals surface area contributed by atoms with E-state index in [0.29, 0.717) is 5.69 Å². The standard InChI is InChI=1S/C17H14FN3O3/c1-10-4-3-5-15(11(10)2)20-16(9-18)19-14-7-6-12(21(23)24)8-13(14)17(20)22/h3-8H,9H2,1-2H3. The lowest BCUT2D eigenvalue weighted by Gasteiger charge is -2.15. The molecular weight excluding hydrogens is 313 g/mol. The summed E-state index contributed by atoms with van der Waals surface area (Å²) >= 11 is 0. The number of aromatic nitrogens is 2. The van der Waals surface area contributed by atoms with Crippen LogP contribution in [0.2, 0.25) is 0 Å². The van der Waals surface area contributed by atoms with E-state index in [1.165, 1.54) is 22.8 Å². The first-order valence-electron chi connectivity index (χ1n) is 7.26. The summed E-state index contributed by atoms with van der Waals surface area (Å²) < 4.78 is 14.7. The van der Waals surface area contributed by atoms with Crippen molar-refractivity contribution < 1.29 is 9.31 Å². The van der Waals surface area contributed by atoms with E-state index in [1.54, 1.807) is 12.1 Å². The number of benzene rings is 2. The largest absolute Gasteiger partial charge is 0.270 e. The second-order valence-corrected chi connectivity index (χ2v) is 5.48. The highest BCUT2D eigenvalue weighted by Gasteiger charge is 2.17. The normalized spacial score (nSPS) is 11.0. The predicted molar refractivity (Wildman–Crippen MR) is 88.3 cm³/mol. The SMILES string of the molecule is Cc1cccc(-n2c(CF)nc3ccc([N+](=O)[O-])cc3c2=O)c1C. The van der Waals surface area contributed by atoms with E-state index >= 15 is 0 Å². The van der Waals surface area contributed by atoms with Gasteiger partial charge < -0.3 is 0 Å². The van der Waals surface area contributed by atoms with Crippen molar-refractivity contribution in [3.05, 3.63) is 73.8 Å². The molecule has 0 saturated heterocycles. The number of hydrogen-bond donors (Lipinski definition) is 0. The van der Waals surface area contributed by atoms with Crippen molar-refractivity contribution in [3.63, 3.8) is 0 Å². The first kappa shape index (κ1) is 15.8. The maximum atomic E-state index is 13.5. The van der Waals surface area contributed by atoms with Gasteiger partial charge in [0, 0.05) is 12.1 Å². The Kier molecular flexibility index (Phi) is 3.84. The predicted octanol–water partition coefficient (Wildman–Crippen LogP) is 3.38. The topological polar surface area (TPSA) is 78.0 Å². The number of rotatable bonds is 3. The second-order valence-electron chi connectivity index (χ2n) is 5.48. The molecule has 6 nitrogen and oxygen atoms in total. The number of halogens is 1. The molecule has 24 heavy (non-hydrogen) atoms. The van der Waals surface area contributed by atoms with Crippen LogP contribution in [0.15, 0.2) is 41.2 Å².